The number of piperazine rings is 1. The molecule has 1 fully saturated rings. The Morgan fingerprint density at radius 1 is 1.09 bits per heavy atom. The first-order valence-corrected chi connectivity index (χ1v) is 10.5. The molecule has 0 aliphatic carbocycles. The summed E-state index contributed by atoms with van der Waals surface area (Å²) in [7, 11) is 0. The van der Waals surface area contributed by atoms with E-state index in [4.69, 9.17) is 9.47 Å². The van der Waals surface area contributed by atoms with Gasteiger partial charge in [0, 0.05) is 44.3 Å². The summed E-state index contributed by atoms with van der Waals surface area (Å²) in [5.41, 5.74) is 1.17. The second-order valence-corrected chi connectivity index (χ2v) is 7.43. The number of rotatable bonds is 9. The first-order valence-electron chi connectivity index (χ1n) is 10.5. The third kappa shape index (κ3) is 5.82. The number of Topliss-reactive ketones (excluding diaryl/α,β-unsaturated/α-hetero) is 2. The minimum atomic E-state index is -1.43. The number of phenolic OH excluding ortho intramolecular Hbond substituents is 1. The number of nitrogens with zero attached hydrogens (tertiary/aromatic N) is 3. The summed E-state index contributed by atoms with van der Waals surface area (Å²) < 4.78 is 10.3. The molecular weight excluding hydrogens is 414 g/mol. The van der Waals surface area contributed by atoms with E-state index in [9.17, 15) is 19.5 Å². The quantitative estimate of drug-likeness (QED) is 0.353. The molecule has 1 aromatic carbocycles. The highest BCUT2D eigenvalue weighted by Crippen LogP contribution is 2.25. The van der Waals surface area contributed by atoms with Gasteiger partial charge in [-0.05, 0) is 44.2 Å². The molecule has 1 aromatic heterocycles. The van der Waals surface area contributed by atoms with Crippen molar-refractivity contribution in [1.29, 1.82) is 0 Å². The standard InChI is InChI=1S/C23H27N3O6/c1-3-31-23(30)22(16(2)27)32-18-4-5-20(28)19(14-18)21(29)15-25-10-12-26(13-11-25)17-6-8-24-9-7-17/h4-9,14,22,28H,3,10-13,15H2,1-2H3. The lowest BCUT2D eigenvalue weighted by molar-refractivity contribution is -0.154. The molecule has 0 bridgehead atoms. The number of pyridine rings is 1. The Morgan fingerprint density at radius 3 is 2.41 bits per heavy atom. The molecule has 170 valence electrons. The lowest BCUT2D eigenvalue weighted by atomic mass is 10.1. The number of carbonyl (C=O) groups excluding carboxylic acids is 3. The molecule has 1 aliphatic heterocycles. The highest BCUT2D eigenvalue weighted by Gasteiger charge is 2.28. The van der Waals surface area contributed by atoms with Crippen molar-refractivity contribution in [3.63, 3.8) is 0 Å². The van der Waals surface area contributed by atoms with Crippen LogP contribution in [0.15, 0.2) is 42.7 Å². The number of ether oxygens (including phenoxy) is 2. The third-order valence-corrected chi connectivity index (χ3v) is 5.16. The number of hydrogen-bond acceptors (Lipinski definition) is 9. The Hall–Kier alpha value is -3.46. The summed E-state index contributed by atoms with van der Waals surface area (Å²) in [5.74, 6) is -1.65. The Labute approximate surface area is 186 Å². The van der Waals surface area contributed by atoms with Crippen LogP contribution in [0.25, 0.3) is 0 Å². The topological polar surface area (TPSA) is 109 Å². The average Bonchev–Trinajstić information content (AvgIpc) is 2.79. The number of ketones is 2. The molecule has 3 rings (SSSR count). The fourth-order valence-electron chi connectivity index (χ4n) is 3.47. The van der Waals surface area contributed by atoms with E-state index in [1.165, 1.54) is 25.1 Å². The van der Waals surface area contributed by atoms with Gasteiger partial charge in [0.2, 0.25) is 0 Å². The number of esters is 1. The summed E-state index contributed by atoms with van der Waals surface area (Å²) in [6.07, 6.45) is 2.08. The van der Waals surface area contributed by atoms with E-state index in [-0.39, 0.29) is 36.0 Å². The van der Waals surface area contributed by atoms with E-state index in [0.717, 1.165) is 18.8 Å². The zero-order valence-corrected chi connectivity index (χ0v) is 18.2. The minimum absolute atomic E-state index is 0.0743. The smallest absolute Gasteiger partial charge is 0.355 e. The van der Waals surface area contributed by atoms with Crippen LogP contribution in [0.3, 0.4) is 0 Å². The second-order valence-electron chi connectivity index (χ2n) is 7.43. The number of aromatic hydroxyl groups is 1. The lowest BCUT2D eigenvalue weighted by Crippen LogP contribution is -2.48. The molecule has 1 unspecified atom stereocenters. The van der Waals surface area contributed by atoms with Crippen LogP contribution in [-0.2, 0) is 14.3 Å². The van der Waals surface area contributed by atoms with Gasteiger partial charge < -0.3 is 19.5 Å². The van der Waals surface area contributed by atoms with Crippen molar-refractivity contribution in [2.45, 2.75) is 20.0 Å². The van der Waals surface area contributed by atoms with Crippen molar-refractivity contribution in [1.82, 2.24) is 9.88 Å². The van der Waals surface area contributed by atoms with Crippen LogP contribution in [-0.4, -0.2) is 78.0 Å². The zero-order chi connectivity index (χ0) is 23.1. The molecule has 1 N–H and O–H groups in total. The van der Waals surface area contributed by atoms with Crippen molar-refractivity contribution in [3.05, 3.63) is 48.3 Å². The van der Waals surface area contributed by atoms with Crippen LogP contribution in [0.1, 0.15) is 24.2 Å². The van der Waals surface area contributed by atoms with E-state index in [1.54, 1.807) is 19.3 Å². The maximum atomic E-state index is 12.9. The molecule has 9 heteroatoms. The molecule has 1 atom stereocenters. The van der Waals surface area contributed by atoms with E-state index < -0.39 is 17.9 Å². The zero-order valence-electron chi connectivity index (χ0n) is 18.2. The Morgan fingerprint density at radius 2 is 1.78 bits per heavy atom. The SMILES string of the molecule is CCOC(=O)C(Oc1ccc(O)c(C(=O)CN2CCN(c3ccncc3)CC2)c1)C(C)=O. The average molecular weight is 441 g/mol. The van der Waals surface area contributed by atoms with Crippen LogP contribution in [0.2, 0.25) is 0 Å². The number of anilines is 1. The van der Waals surface area contributed by atoms with E-state index in [2.05, 4.69) is 9.88 Å². The van der Waals surface area contributed by atoms with Crippen molar-refractivity contribution in [3.8, 4) is 11.5 Å². The van der Waals surface area contributed by atoms with Crippen molar-refractivity contribution < 1.29 is 29.0 Å². The third-order valence-electron chi connectivity index (χ3n) is 5.16. The van der Waals surface area contributed by atoms with E-state index in [0.29, 0.717) is 13.1 Å². The van der Waals surface area contributed by atoms with Crippen LogP contribution < -0.4 is 9.64 Å². The fourth-order valence-corrected chi connectivity index (χ4v) is 3.47. The summed E-state index contributed by atoms with van der Waals surface area (Å²) >= 11 is 0. The monoisotopic (exact) mass is 441 g/mol. The van der Waals surface area contributed by atoms with Crippen LogP contribution in [0.5, 0.6) is 11.5 Å². The van der Waals surface area contributed by atoms with Gasteiger partial charge in [-0.2, -0.15) is 0 Å². The van der Waals surface area contributed by atoms with Crippen molar-refractivity contribution >= 4 is 23.2 Å². The molecule has 1 aliphatic rings. The number of phenols is 1. The van der Waals surface area contributed by atoms with Gasteiger partial charge in [-0.1, -0.05) is 0 Å². The van der Waals surface area contributed by atoms with E-state index >= 15 is 0 Å². The summed E-state index contributed by atoms with van der Waals surface area (Å²) in [6.45, 7) is 6.02. The van der Waals surface area contributed by atoms with Crippen molar-refractivity contribution in [2.24, 2.45) is 0 Å². The Bertz CT molecular complexity index is 957. The highest BCUT2D eigenvalue weighted by atomic mass is 16.6. The van der Waals surface area contributed by atoms with E-state index in [1.807, 2.05) is 17.0 Å². The van der Waals surface area contributed by atoms with Crippen molar-refractivity contribution in [2.75, 3.05) is 44.2 Å². The van der Waals surface area contributed by atoms with Crippen LogP contribution in [0.4, 0.5) is 5.69 Å². The van der Waals surface area contributed by atoms with Gasteiger partial charge in [0.05, 0.1) is 18.7 Å². The van der Waals surface area contributed by atoms with Gasteiger partial charge in [-0.3, -0.25) is 19.5 Å². The molecule has 2 aromatic rings. The van der Waals surface area contributed by atoms with Crippen LogP contribution >= 0.6 is 0 Å². The molecule has 0 amide bonds. The Balaban J connectivity index is 1.63. The number of aromatic nitrogens is 1. The number of hydrogen-bond donors (Lipinski definition) is 1. The molecule has 0 saturated carbocycles. The maximum absolute atomic E-state index is 12.9. The van der Waals surface area contributed by atoms with Gasteiger partial charge in [0.25, 0.3) is 6.10 Å². The highest BCUT2D eigenvalue weighted by molar-refractivity contribution is 6.02. The normalized spacial score (nSPS) is 15.1. The Kier molecular flexibility index (Phi) is 7.77. The predicted octanol–water partition coefficient (Wildman–Crippen LogP) is 1.69. The lowest BCUT2D eigenvalue weighted by Gasteiger charge is -2.35. The van der Waals surface area contributed by atoms with Gasteiger partial charge >= 0.3 is 5.97 Å². The molecule has 0 radical (unpaired) electrons. The first kappa shape index (κ1) is 23.2. The summed E-state index contributed by atoms with van der Waals surface area (Å²) in [6, 6.07) is 7.96. The van der Waals surface area contributed by atoms with Gasteiger partial charge in [-0.25, -0.2) is 4.79 Å². The molecular formula is C23H27N3O6. The van der Waals surface area contributed by atoms with Gasteiger partial charge in [0.15, 0.2) is 11.6 Å². The first-order chi connectivity index (χ1) is 15.4. The minimum Gasteiger partial charge on any atom is -0.507 e. The molecule has 1 saturated heterocycles. The van der Waals surface area contributed by atoms with Crippen LogP contribution in [0, 0.1) is 0 Å². The molecule has 0 spiro atoms. The number of carbonyl (C=O) groups is 3. The fraction of sp³-hybridized carbons (Fsp3) is 0.391. The number of benzene rings is 1. The molecule has 9 nitrogen and oxygen atoms in total. The van der Waals surface area contributed by atoms with Gasteiger partial charge in [0.1, 0.15) is 11.5 Å². The largest absolute Gasteiger partial charge is 0.507 e. The predicted molar refractivity (Wildman–Crippen MR) is 117 cm³/mol. The summed E-state index contributed by atoms with van der Waals surface area (Å²) in [5, 5.41) is 10.2. The summed E-state index contributed by atoms with van der Waals surface area (Å²) in [4.78, 5) is 44.9. The second kappa shape index (κ2) is 10.7. The maximum Gasteiger partial charge on any atom is 0.355 e. The molecule has 32 heavy (non-hydrogen) atoms. The molecule has 2 heterocycles. The van der Waals surface area contributed by atoms with Gasteiger partial charge in [-0.15, -0.1) is 0 Å².